The summed E-state index contributed by atoms with van der Waals surface area (Å²) in [5, 5.41) is 31.1. The van der Waals surface area contributed by atoms with E-state index in [9.17, 15) is 15.3 Å². The second kappa shape index (κ2) is 4.55. The van der Waals surface area contributed by atoms with Crippen LogP contribution in [0.4, 0.5) is 0 Å². The Morgan fingerprint density at radius 1 is 1.47 bits per heavy atom. The molecule has 3 N–H and O–H groups in total. The topological polar surface area (TPSA) is 69.9 Å². The van der Waals surface area contributed by atoms with Crippen LogP contribution in [-0.2, 0) is 4.74 Å². The maximum Gasteiger partial charge on any atom is 0.104 e. The van der Waals surface area contributed by atoms with Crippen molar-refractivity contribution >= 4 is 0 Å². The number of aliphatic hydroxyl groups excluding tert-OH is 2. The summed E-state index contributed by atoms with van der Waals surface area (Å²) in [6.45, 7) is 4.35. The van der Waals surface area contributed by atoms with Crippen LogP contribution in [0.15, 0.2) is 11.6 Å². The van der Waals surface area contributed by atoms with Gasteiger partial charge in [-0.05, 0) is 37.2 Å². The second-order valence-corrected chi connectivity index (χ2v) is 6.62. The molecule has 2 fully saturated rings. The van der Waals surface area contributed by atoms with E-state index in [2.05, 4.69) is 13.0 Å². The van der Waals surface area contributed by atoms with Gasteiger partial charge in [-0.15, -0.1) is 0 Å². The lowest BCUT2D eigenvalue weighted by atomic mass is 9.53. The van der Waals surface area contributed by atoms with Crippen molar-refractivity contribution in [2.24, 2.45) is 23.7 Å². The third-order valence-corrected chi connectivity index (χ3v) is 5.69. The number of aliphatic hydroxyl groups is 3. The van der Waals surface area contributed by atoms with Crippen LogP contribution in [0.1, 0.15) is 26.7 Å². The highest BCUT2D eigenvalue weighted by molar-refractivity contribution is 5.22. The number of hydrogen-bond acceptors (Lipinski definition) is 4. The van der Waals surface area contributed by atoms with E-state index in [1.165, 1.54) is 0 Å². The van der Waals surface area contributed by atoms with E-state index in [1.54, 1.807) is 0 Å². The molecule has 4 nitrogen and oxygen atoms in total. The molecule has 0 aromatic rings. The van der Waals surface area contributed by atoms with Gasteiger partial charge in [-0.1, -0.05) is 13.0 Å². The van der Waals surface area contributed by atoms with Crippen molar-refractivity contribution in [3.8, 4) is 0 Å². The van der Waals surface area contributed by atoms with Gasteiger partial charge in [0.2, 0.25) is 0 Å². The van der Waals surface area contributed by atoms with Crippen molar-refractivity contribution in [2.75, 3.05) is 13.2 Å². The van der Waals surface area contributed by atoms with Gasteiger partial charge in [-0.2, -0.15) is 0 Å². The van der Waals surface area contributed by atoms with Crippen molar-refractivity contribution in [2.45, 2.75) is 44.5 Å². The van der Waals surface area contributed by atoms with Crippen LogP contribution >= 0.6 is 0 Å². The standard InChI is InChI=1S/C15H24O4/c1-8-3-4-11-9(2)5-12(17)15(18)10(6-16)7-19-14(8)13(11)15/h3,9-14,16-18H,4-7H2,1-2H3. The van der Waals surface area contributed by atoms with Gasteiger partial charge in [-0.25, -0.2) is 0 Å². The van der Waals surface area contributed by atoms with E-state index < -0.39 is 11.7 Å². The Morgan fingerprint density at radius 3 is 2.89 bits per heavy atom. The Bertz CT molecular complexity index is 394. The lowest BCUT2D eigenvalue weighted by Gasteiger charge is -2.59. The van der Waals surface area contributed by atoms with Crippen LogP contribution in [-0.4, -0.2) is 46.3 Å². The zero-order chi connectivity index (χ0) is 13.8. The molecule has 7 unspecified atom stereocenters. The lowest BCUT2D eigenvalue weighted by Crippen LogP contribution is -2.69. The molecular formula is C15H24O4. The summed E-state index contributed by atoms with van der Waals surface area (Å²) in [7, 11) is 0. The lowest BCUT2D eigenvalue weighted by molar-refractivity contribution is -0.269. The second-order valence-electron chi connectivity index (χ2n) is 6.62. The Kier molecular flexibility index (Phi) is 3.25. The molecule has 2 aliphatic carbocycles. The summed E-state index contributed by atoms with van der Waals surface area (Å²) < 4.78 is 5.90. The quantitative estimate of drug-likeness (QED) is 0.613. The van der Waals surface area contributed by atoms with E-state index in [0.29, 0.717) is 24.9 Å². The average Bonchev–Trinajstić information content (AvgIpc) is 2.38. The van der Waals surface area contributed by atoms with Crippen molar-refractivity contribution in [3.63, 3.8) is 0 Å². The minimum absolute atomic E-state index is 0.0952. The third kappa shape index (κ3) is 1.74. The molecule has 1 saturated heterocycles. The highest BCUT2D eigenvalue weighted by atomic mass is 16.5. The fourth-order valence-corrected chi connectivity index (χ4v) is 4.53. The Balaban J connectivity index is 2.05. The molecule has 7 atom stereocenters. The van der Waals surface area contributed by atoms with Crippen LogP contribution in [0.2, 0.25) is 0 Å². The molecule has 0 radical (unpaired) electrons. The van der Waals surface area contributed by atoms with Crippen LogP contribution in [0.3, 0.4) is 0 Å². The molecule has 0 amide bonds. The van der Waals surface area contributed by atoms with Gasteiger partial charge in [0.15, 0.2) is 0 Å². The van der Waals surface area contributed by atoms with E-state index in [1.807, 2.05) is 6.92 Å². The molecule has 1 saturated carbocycles. The number of allylic oxidation sites excluding steroid dienone is 1. The molecule has 1 heterocycles. The van der Waals surface area contributed by atoms with Gasteiger partial charge in [0.05, 0.1) is 25.4 Å². The van der Waals surface area contributed by atoms with E-state index in [-0.39, 0.29) is 24.5 Å². The summed E-state index contributed by atoms with van der Waals surface area (Å²) in [5.74, 6) is 0.219. The van der Waals surface area contributed by atoms with Crippen LogP contribution in [0, 0.1) is 23.7 Å². The molecule has 0 bridgehead atoms. The molecule has 3 aliphatic rings. The van der Waals surface area contributed by atoms with Gasteiger partial charge in [-0.3, -0.25) is 0 Å². The fraction of sp³-hybridized carbons (Fsp3) is 0.867. The number of ether oxygens (including phenoxy) is 1. The Labute approximate surface area is 114 Å². The van der Waals surface area contributed by atoms with Crippen LogP contribution < -0.4 is 0 Å². The highest BCUT2D eigenvalue weighted by Crippen LogP contribution is 2.54. The molecule has 0 spiro atoms. The number of hydrogen-bond donors (Lipinski definition) is 3. The zero-order valence-electron chi connectivity index (χ0n) is 11.6. The van der Waals surface area contributed by atoms with Crippen molar-refractivity contribution in [1.29, 1.82) is 0 Å². The van der Waals surface area contributed by atoms with Gasteiger partial charge in [0, 0.05) is 11.8 Å². The molecule has 3 rings (SSSR count). The van der Waals surface area contributed by atoms with Crippen molar-refractivity contribution < 1.29 is 20.1 Å². The molecular weight excluding hydrogens is 244 g/mol. The molecule has 0 aromatic heterocycles. The van der Waals surface area contributed by atoms with E-state index in [0.717, 1.165) is 12.0 Å². The highest BCUT2D eigenvalue weighted by Gasteiger charge is 2.62. The van der Waals surface area contributed by atoms with Crippen molar-refractivity contribution in [3.05, 3.63) is 11.6 Å². The molecule has 0 aromatic carbocycles. The maximum absolute atomic E-state index is 11.1. The normalized spacial score (nSPS) is 53.4. The Morgan fingerprint density at radius 2 is 2.21 bits per heavy atom. The third-order valence-electron chi connectivity index (χ3n) is 5.69. The fourth-order valence-electron chi connectivity index (χ4n) is 4.53. The first kappa shape index (κ1) is 13.6. The summed E-state index contributed by atoms with van der Waals surface area (Å²) in [6, 6.07) is 0. The van der Waals surface area contributed by atoms with E-state index >= 15 is 0 Å². The smallest absolute Gasteiger partial charge is 0.104 e. The predicted octanol–water partition coefficient (Wildman–Crippen LogP) is 0.708. The minimum Gasteiger partial charge on any atom is -0.396 e. The van der Waals surface area contributed by atoms with Gasteiger partial charge in [0.25, 0.3) is 0 Å². The van der Waals surface area contributed by atoms with Gasteiger partial charge < -0.3 is 20.1 Å². The Hall–Kier alpha value is -0.420. The average molecular weight is 268 g/mol. The van der Waals surface area contributed by atoms with Crippen molar-refractivity contribution in [1.82, 2.24) is 0 Å². The first-order valence-electron chi connectivity index (χ1n) is 7.29. The first-order valence-corrected chi connectivity index (χ1v) is 7.29. The largest absolute Gasteiger partial charge is 0.396 e. The monoisotopic (exact) mass is 268 g/mol. The van der Waals surface area contributed by atoms with Gasteiger partial charge in [0.1, 0.15) is 5.60 Å². The number of rotatable bonds is 1. The molecule has 108 valence electrons. The summed E-state index contributed by atoms with van der Waals surface area (Å²) in [6.07, 6.45) is 2.88. The summed E-state index contributed by atoms with van der Waals surface area (Å²) in [5.41, 5.74) is -0.0537. The predicted molar refractivity (Wildman–Crippen MR) is 70.4 cm³/mol. The molecule has 1 aliphatic heterocycles. The SMILES string of the molecule is CC1=CCC2C(C)CC(O)C3(O)C(CO)COC1C23. The summed E-state index contributed by atoms with van der Waals surface area (Å²) >= 11 is 0. The summed E-state index contributed by atoms with van der Waals surface area (Å²) in [4.78, 5) is 0. The maximum atomic E-state index is 11.1. The zero-order valence-corrected chi connectivity index (χ0v) is 11.6. The van der Waals surface area contributed by atoms with E-state index in [4.69, 9.17) is 4.74 Å². The van der Waals surface area contributed by atoms with Gasteiger partial charge >= 0.3 is 0 Å². The minimum atomic E-state index is -1.20. The first-order chi connectivity index (χ1) is 9.00. The van der Waals surface area contributed by atoms with Crippen LogP contribution in [0.5, 0.6) is 0 Å². The molecule has 19 heavy (non-hydrogen) atoms. The molecule has 4 heteroatoms. The van der Waals surface area contributed by atoms with Crippen LogP contribution in [0.25, 0.3) is 0 Å².